The lowest BCUT2D eigenvalue weighted by Gasteiger charge is -2.25. The molecule has 0 aliphatic rings. The number of carboxylic acid groups (broad SMARTS) is 1. The number of nitrogens with one attached hydrogen (secondary N) is 3. The summed E-state index contributed by atoms with van der Waals surface area (Å²) in [5.41, 5.74) is 10.7. The van der Waals surface area contributed by atoms with Crippen LogP contribution in [-0.4, -0.2) is 76.6 Å². The van der Waals surface area contributed by atoms with Gasteiger partial charge in [-0.15, -0.1) is 0 Å². The molecular formula is C17H31N5O6S2. The van der Waals surface area contributed by atoms with Crippen molar-refractivity contribution in [3.05, 3.63) is 0 Å². The molecule has 13 heteroatoms. The molecule has 0 fully saturated rings. The monoisotopic (exact) mass is 465 g/mol. The van der Waals surface area contributed by atoms with E-state index < -0.39 is 60.2 Å². The highest BCUT2D eigenvalue weighted by Crippen LogP contribution is 2.06. The van der Waals surface area contributed by atoms with Gasteiger partial charge in [0.25, 0.3) is 0 Å². The Bertz CT molecular complexity index is 634. The van der Waals surface area contributed by atoms with Crippen LogP contribution in [0.3, 0.4) is 0 Å². The Morgan fingerprint density at radius 3 is 1.97 bits per heavy atom. The average Bonchev–Trinajstić information content (AvgIpc) is 2.66. The quantitative estimate of drug-likeness (QED) is 0.144. The number of carbonyl (C=O) groups is 5. The first-order valence-electron chi connectivity index (χ1n) is 9.22. The second-order valence-corrected chi connectivity index (χ2v) is 8.28. The minimum atomic E-state index is -1.34. The first kappa shape index (κ1) is 28.0. The Hall–Kier alpha value is -1.99. The van der Waals surface area contributed by atoms with Gasteiger partial charge >= 0.3 is 5.97 Å². The second kappa shape index (κ2) is 14.1. The van der Waals surface area contributed by atoms with E-state index in [2.05, 4.69) is 28.6 Å². The van der Waals surface area contributed by atoms with Crippen molar-refractivity contribution in [2.75, 3.05) is 17.8 Å². The number of primary amides is 1. The largest absolute Gasteiger partial charge is 0.480 e. The second-order valence-electron chi connectivity index (χ2n) is 6.93. The number of rotatable bonds is 14. The van der Waals surface area contributed by atoms with E-state index in [9.17, 15) is 29.1 Å². The fourth-order valence-electron chi connectivity index (χ4n) is 2.32. The lowest BCUT2D eigenvalue weighted by molar-refractivity contribution is -0.143. The zero-order chi connectivity index (χ0) is 23.4. The van der Waals surface area contributed by atoms with Gasteiger partial charge in [-0.1, -0.05) is 13.8 Å². The molecular weight excluding hydrogens is 434 g/mol. The predicted octanol–water partition coefficient (Wildman–Crippen LogP) is -1.93. The number of carbonyl (C=O) groups excluding carboxylic acids is 4. The van der Waals surface area contributed by atoms with Crippen LogP contribution in [0.4, 0.5) is 0 Å². The number of aliphatic carboxylic acids is 1. The summed E-state index contributed by atoms with van der Waals surface area (Å²) in [6, 6.07) is -4.56. The van der Waals surface area contributed by atoms with Gasteiger partial charge in [0, 0.05) is 5.75 Å². The van der Waals surface area contributed by atoms with E-state index in [-0.39, 0.29) is 18.1 Å². The highest BCUT2D eigenvalue weighted by molar-refractivity contribution is 7.98. The van der Waals surface area contributed by atoms with E-state index in [0.717, 1.165) is 0 Å². The number of thiol groups is 1. The van der Waals surface area contributed by atoms with Gasteiger partial charge in [0.15, 0.2) is 0 Å². The summed E-state index contributed by atoms with van der Waals surface area (Å²) in [4.78, 5) is 59.9. The number of carboxylic acids is 1. The van der Waals surface area contributed by atoms with Crippen molar-refractivity contribution >= 4 is 54.0 Å². The van der Waals surface area contributed by atoms with Crippen LogP contribution in [0.1, 0.15) is 26.7 Å². The van der Waals surface area contributed by atoms with Crippen LogP contribution >= 0.6 is 24.4 Å². The van der Waals surface area contributed by atoms with Gasteiger partial charge in [-0.2, -0.15) is 24.4 Å². The first-order chi connectivity index (χ1) is 13.9. The zero-order valence-corrected chi connectivity index (χ0v) is 18.9. The van der Waals surface area contributed by atoms with Gasteiger partial charge in [-0.05, 0) is 24.3 Å². The van der Waals surface area contributed by atoms with Gasteiger partial charge in [0.1, 0.15) is 18.1 Å². The number of amides is 4. The molecule has 172 valence electrons. The Kier molecular flexibility index (Phi) is 13.2. The molecule has 0 aromatic rings. The van der Waals surface area contributed by atoms with E-state index in [1.54, 1.807) is 20.1 Å². The van der Waals surface area contributed by atoms with Crippen LogP contribution in [0.15, 0.2) is 0 Å². The summed E-state index contributed by atoms with van der Waals surface area (Å²) in [6.07, 6.45) is 1.51. The molecule has 4 atom stereocenters. The van der Waals surface area contributed by atoms with Gasteiger partial charge in [0.2, 0.25) is 23.6 Å². The zero-order valence-electron chi connectivity index (χ0n) is 17.2. The van der Waals surface area contributed by atoms with Gasteiger partial charge < -0.3 is 32.5 Å². The van der Waals surface area contributed by atoms with Crippen LogP contribution in [-0.2, 0) is 24.0 Å². The Morgan fingerprint density at radius 1 is 1.00 bits per heavy atom. The van der Waals surface area contributed by atoms with Crippen LogP contribution in [0.5, 0.6) is 0 Å². The fourth-order valence-corrected chi connectivity index (χ4v) is 2.95. The minimum absolute atomic E-state index is 0.0152. The lowest BCUT2D eigenvalue weighted by Crippen LogP contribution is -2.58. The predicted molar refractivity (Wildman–Crippen MR) is 117 cm³/mol. The van der Waals surface area contributed by atoms with Crippen LogP contribution < -0.4 is 27.4 Å². The number of nitrogens with two attached hydrogens (primary N) is 2. The maximum atomic E-state index is 12.7. The molecule has 0 heterocycles. The maximum Gasteiger partial charge on any atom is 0.326 e. The van der Waals surface area contributed by atoms with Crippen LogP contribution in [0, 0.1) is 5.92 Å². The van der Waals surface area contributed by atoms with E-state index in [1.165, 1.54) is 11.8 Å². The Balaban J connectivity index is 5.43. The third-order valence-electron chi connectivity index (χ3n) is 4.05. The molecule has 0 rings (SSSR count). The van der Waals surface area contributed by atoms with Gasteiger partial charge in [0.05, 0.1) is 12.5 Å². The normalized spacial score (nSPS) is 14.9. The van der Waals surface area contributed by atoms with Crippen LogP contribution in [0.25, 0.3) is 0 Å². The molecule has 8 N–H and O–H groups in total. The number of thioether (sulfide) groups is 1. The van der Waals surface area contributed by atoms with Crippen molar-refractivity contribution in [1.29, 1.82) is 0 Å². The van der Waals surface area contributed by atoms with Crippen molar-refractivity contribution in [2.24, 2.45) is 17.4 Å². The molecule has 0 radical (unpaired) electrons. The van der Waals surface area contributed by atoms with Crippen molar-refractivity contribution in [1.82, 2.24) is 16.0 Å². The smallest absolute Gasteiger partial charge is 0.326 e. The molecule has 0 aromatic carbocycles. The molecule has 11 nitrogen and oxygen atoms in total. The average molecular weight is 466 g/mol. The number of hydrogen-bond acceptors (Lipinski definition) is 8. The molecule has 0 aromatic heterocycles. The summed E-state index contributed by atoms with van der Waals surface area (Å²) in [6.45, 7) is 3.27. The highest BCUT2D eigenvalue weighted by atomic mass is 32.2. The van der Waals surface area contributed by atoms with Crippen molar-refractivity contribution < 1.29 is 29.1 Å². The van der Waals surface area contributed by atoms with Gasteiger partial charge in [-0.3, -0.25) is 19.2 Å². The SMILES string of the molecule is CSCCC(NC(=O)C(CC(N)=O)NC(=O)C(N)CS)C(=O)NC(C(=O)O)C(C)C. The topological polar surface area (TPSA) is 194 Å². The van der Waals surface area contributed by atoms with Gasteiger partial charge in [-0.25, -0.2) is 4.79 Å². The Labute approximate surface area is 185 Å². The summed E-state index contributed by atoms with van der Waals surface area (Å²) in [7, 11) is 0. The highest BCUT2D eigenvalue weighted by Gasteiger charge is 2.31. The molecule has 4 amide bonds. The first-order valence-corrected chi connectivity index (χ1v) is 11.2. The lowest BCUT2D eigenvalue weighted by atomic mass is 10.0. The summed E-state index contributed by atoms with van der Waals surface area (Å²) in [5.74, 6) is -4.12. The molecule has 4 unspecified atom stereocenters. The fraction of sp³-hybridized carbons (Fsp3) is 0.706. The minimum Gasteiger partial charge on any atom is -0.480 e. The molecule has 0 bridgehead atoms. The van der Waals surface area contributed by atoms with Crippen molar-refractivity contribution in [3.8, 4) is 0 Å². The van der Waals surface area contributed by atoms with E-state index in [0.29, 0.717) is 5.75 Å². The Morgan fingerprint density at radius 2 is 1.53 bits per heavy atom. The molecule has 0 saturated heterocycles. The van der Waals surface area contributed by atoms with E-state index in [4.69, 9.17) is 11.5 Å². The maximum absolute atomic E-state index is 12.7. The molecule has 0 saturated carbocycles. The summed E-state index contributed by atoms with van der Waals surface area (Å²) in [5, 5.41) is 16.5. The van der Waals surface area contributed by atoms with E-state index >= 15 is 0 Å². The van der Waals surface area contributed by atoms with Crippen molar-refractivity contribution in [2.45, 2.75) is 50.9 Å². The molecule has 30 heavy (non-hydrogen) atoms. The summed E-state index contributed by atoms with van der Waals surface area (Å²) < 4.78 is 0. The molecule has 0 aliphatic carbocycles. The molecule has 0 aliphatic heterocycles. The van der Waals surface area contributed by atoms with Crippen LogP contribution in [0.2, 0.25) is 0 Å². The third kappa shape index (κ3) is 10.2. The standard InChI is InChI=1S/C17H31N5O6S2/c1-8(2)13(17(27)28)22-15(25)10(4-5-30-3)20-16(26)11(6-12(19)23)21-14(24)9(18)7-29/h8-11,13,29H,4-7,18H2,1-3H3,(H2,19,23)(H,20,26)(H,21,24)(H,22,25)(H,27,28). The third-order valence-corrected chi connectivity index (χ3v) is 5.08. The summed E-state index contributed by atoms with van der Waals surface area (Å²) >= 11 is 5.33. The molecule has 0 spiro atoms. The van der Waals surface area contributed by atoms with Crippen molar-refractivity contribution in [3.63, 3.8) is 0 Å². The number of hydrogen-bond donors (Lipinski definition) is 7. The van der Waals surface area contributed by atoms with E-state index in [1.807, 2.05) is 0 Å².